The first-order valence-electron chi connectivity index (χ1n) is 5.78. The number of benzene rings is 2. The van der Waals surface area contributed by atoms with Crippen LogP contribution in [-0.2, 0) is 6.61 Å². The lowest BCUT2D eigenvalue weighted by Gasteiger charge is -2.11. The van der Waals surface area contributed by atoms with Crippen molar-refractivity contribution in [3.63, 3.8) is 0 Å². The monoisotopic (exact) mass is 254 g/mol. The van der Waals surface area contributed by atoms with E-state index in [0.29, 0.717) is 23.6 Å². The molecule has 0 aliphatic heterocycles. The summed E-state index contributed by atoms with van der Waals surface area (Å²) in [6, 6.07) is 14.5. The lowest BCUT2D eigenvalue weighted by molar-refractivity contribution is 0.296. The van der Waals surface area contributed by atoms with Gasteiger partial charge in [-0.05, 0) is 36.4 Å². The Kier molecular flexibility index (Phi) is 3.89. The number of methoxy groups -OCH3 is 1. The third kappa shape index (κ3) is 3.17. The molecule has 4 nitrogen and oxygen atoms in total. The van der Waals surface area contributed by atoms with Crippen molar-refractivity contribution in [2.75, 3.05) is 12.8 Å². The molecule has 0 saturated heterocycles. The highest BCUT2D eigenvalue weighted by atomic mass is 16.5. The summed E-state index contributed by atoms with van der Waals surface area (Å²) in [6.45, 7) is 0.336. The second kappa shape index (κ2) is 5.78. The normalized spacial score (nSPS) is 9.68. The number of hydrogen-bond acceptors (Lipinski definition) is 4. The van der Waals surface area contributed by atoms with Crippen molar-refractivity contribution in [1.29, 1.82) is 5.26 Å². The minimum Gasteiger partial charge on any atom is -0.496 e. The summed E-state index contributed by atoms with van der Waals surface area (Å²) in [7, 11) is 1.60. The zero-order valence-corrected chi connectivity index (χ0v) is 10.6. The first-order valence-corrected chi connectivity index (χ1v) is 5.78. The zero-order valence-electron chi connectivity index (χ0n) is 10.6. The molecule has 0 unspecified atom stereocenters. The van der Waals surface area contributed by atoms with Crippen molar-refractivity contribution in [2.45, 2.75) is 6.61 Å². The summed E-state index contributed by atoms with van der Waals surface area (Å²) in [5.74, 6) is 1.37. The maximum atomic E-state index is 8.82. The van der Waals surface area contributed by atoms with E-state index in [1.807, 2.05) is 6.07 Å². The van der Waals surface area contributed by atoms with Crippen LogP contribution in [0, 0.1) is 11.3 Å². The first-order chi connectivity index (χ1) is 9.22. The van der Waals surface area contributed by atoms with Crippen molar-refractivity contribution < 1.29 is 9.47 Å². The summed E-state index contributed by atoms with van der Waals surface area (Å²) < 4.78 is 10.9. The van der Waals surface area contributed by atoms with E-state index >= 15 is 0 Å². The molecule has 4 heteroatoms. The van der Waals surface area contributed by atoms with Gasteiger partial charge in [-0.2, -0.15) is 5.26 Å². The number of nitriles is 1. The van der Waals surface area contributed by atoms with Crippen molar-refractivity contribution in [3.8, 4) is 17.6 Å². The number of ether oxygens (including phenoxy) is 2. The van der Waals surface area contributed by atoms with E-state index in [0.717, 1.165) is 11.3 Å². The largest absolute Gasteiger partial charge is 0.496 e. The second-order valence-corrected chi connectivity index (χ2v) is 4.00. The Morgan fingerprint density at radius 3 is 2.79 bits per heavy atom. The van der Waals surface area contributed by atoms with Gasteiger partial charge in [-0.15, -0.1) is 0 Å². The fraction of sp³-hybridized carbons (Fsp3) is 0.133. The van der Waals surface area contributed by atoms with Crippen LogP contribution in [0.1, 0.15) is 11.1 Å². The molecule has 0 amide bonds. The van der Waals surface area contributed by atoms with Crippen molar-refractivity contribution in [3.05, 3.63) is 53.6 Å². The summed E-state index contributed by atoms with van der Waals surface area (Å²) in [6.07, 6.45) is 0. The van der Waals surface area contributed by atoms with Crippen LogP contribution in [0.3, 0.4) is 0 Å². The third-order valence-electron chi connectivity index (χ3n) is 2.66. The Morgan fingerprint density at radius 2 is 2.05 bits per heavy atom. The molecule has 0 saturated carbocycles. The highest BCUT2D eigenvalue weighted by Crippen LogP contribution is 2.23. The Balaban J connectivity index is 2.14. The molecular weight excluding hydrogens is 240 g/mol. The predicted octanol–water partition coefficient (Wildman–Crippen LogP) is 2.73. The van der Waals surface area contributed by atoms with Crippen LogP contribution >= 0.6 is 0 Å². The van der Waals surface area contributed by atoms with E-state index in [9.17, 15) is 0 Å². The van der Waals surface area contributed by atoms with Crippen molar-refractivity contribution >= 4 is 5.69 Å². The quantitative estimate of drug-likeness (QED) is 0.852. The van der Waals surface area contributed by atoms with Crippen LogP contribution in [0.4, 0.5) is 5.69 Å². The van der Waals surface area contributed by atoms with Gasteiger partial charge in [0, 0.05) is 11.3 Å². The van der Waals surface area contributed by atoms with Crippen molar-refractivity contribution in [1.82, 2.24) is 0 Å². The van der Waals surface area contributed by atoms with E-state index in [4.69, 9.17) is 20.5 Å². The predicted molar refractivity (Wildman–Crippen MR) is 72.9 cm³/mol. The van der Waals surface area contributed by atoms with Gasteiger partial charge in [0.1, 0.15) is 18.1 Å². The molecule has 0 aliphatic rings. The van der Waals surface area contributed by atoms with Gasteiger partial charge in [-0.3, -0.25) is 0 Å². The van der Waals surface area contributed by atoms with E-state index in [1.165, 1.54) is 0 Å². The van der Waals surface area contributed by atoms with Crippen LogP contribution in [0.5, 0.6) is 11.5 Å². The van der Waals surface area contributed by atoms with Gasteiger partial charge >= 0.3 is 0 Å². The van der Waals surface area contributed by atoms with Crippen molar-refractivity contribution in [2.24, 2.45) is 0 Å². The molecular formula is C15H14N2O2. The van der Waals surface area contributed by atoms with E-state index in [1.54, 1.807) is 43.5 Å². The van der Waals surface area contributed by atoms with E-state index in [-0.39, 0.29) is 0 Å². The summed E-state index contributed by atoms with van der Waals surface area (Å²) in [4.78, 5) is 0. The number of rotatable bonds is 4. The van der Waals surface area contributed by atoms with Gasteiger partial charge in [-0.1, -0.05) is 6.07 Å². The molecule has 0 aromatic heterocycles. The Labute approximate surface area is 112 Å². The maximum absolute atomic E-state index is 8.82. The molecule has 19 heavy (non-hydrogen) atoms. The highest BCUT2D eigenvalue weighted by Gasteiger charge is 2.05. The third-order valence-corrected chi connectivity index (χ3v) is 2.66. The summed E-state index contributed by atoms with van der Waals surface area (Å²) in [5.41, 5.74) is 7.83. The molecule has 2 aromatic carbocycles. The van der Waals surface area contributed by atoms with Gasteiger partial charge in [-0.25, -0.2) is 0 Å². The van der Waals surface area contributed by atoms with Gasteiger partial charge in [0.2, 0.25) is 0 Å². The Morgan fingerprint density at radius 1 is 1.21 bits per heavy atom. The minimum absolute atomic E-state index is 0.336. The smallest absolute Gasteiger partial charge is 0.125 e. The number of nitrogens with zero attached hydrogens (tertiary/aromatic N) is 1. The lowest BCUT2D eigenvalue weighted by atomic mass is 10.2. The van der Waals surface area contributed by atoms with Crippen LogP contribution in [0.15, 0.2) is 42.5 Å². The van der Waals surface area contributed by atoms with Gasteiger partial charge in [0.15, 0.2) is 0 Å². The number of nitrogen functional groups attached to an aromatic ring is 1. The number of hydrogen-bond donors (Lipinski definition) is 1. The molecule has 2 rings (SSSR count). The molecule has 0 bridgehead atoms. The molecule has 0 radical (unpaired) electrons. The van der Waals surface area contributed by atoms with Gasteiger partial charge in [0.25, 0.3) is 0 Å². The fourth-order valence-corrected chi connectivity index (χ4v) is 1.73. The topological polar surface area (TPSA) is 68.3 Å². The summed E-state index contributed by atoms with van der Waals surface area (Å²) in [5, 5.41) is 8.82. The number of nitrogens with two attached hydrogens (primary N) is 1. The molecule has 0 atom stereocenters. The summed E-state index contributed by atoms with van der Waals surface area (Å²) >= 11 is 0. The zero-order chi connectivity index (χ0) is 13.7. The maximum Gasteiger partial charge on any atom is 0.125 e. The first kappa shape index (κ1) is 12.8. The Bertz CT molecular complexity index is 618. The average molecular weight is 254 g/mol. The molecule has 0 heterocycles. The van der Waals surface area contributed by atoms with E-state index < -0.39 is 0 Å². The SMILES string of the molecule is COc1ccc(N)cc1COc1cccc(C#N)c1. The highest BCUT2D eigenvalue weighted by molar-refractivity contribution is 5.48. The van der Waals surface area contributed by atoms with Crippen LogP contribution < -0.4 is 15.2 Å². The standard InChI is InChI=1S/C15H14N2O2/c1-18-15-6-5-13(17)8-12(15)10-19-14-4-2-3-11(7-14)9-16/h2-8H,10,17H2,1H3. The molecule has 0 fully saturated rings. The fourth-order valence-electron chi connectivity index (χ4n) is 1.73. The van der Waals surface area contributed by atoms with Gasteiger partial charge in [0.05, 0.1) is 18.7 Å². The molecule has 96 valence electrons. The minimum atomic E-state index is 0.336. The lowest BCUT2D eigenvalue weighted by Crippen LogP contribution is -2.00. The molecule has 0 spiro atoms. The molecule has 2 aromatic rings. The van der Waals surface area contributed by atoms with Crippen LogP contribution in [-0.4, -0.2) is 7.11 Å². The Hall–Kier alpha value is -2.67. The van der Waals surface area contributed by atoms with Gasteiger partial charge < -0.3 is 15.2 Å². The van der Waals surface area contributed by atoms with E-state index in [2.05, 4.69) is 6.07 Å². The molecule has 0 aliphatic carbocycles. The van der Waals surface area contributed by atoms with Crippen LogP contribution in [0.25, 0.3) is 0 Å². The van der Waals surface area contributed by atoms with Crippen LogP contribution in [0.2, 0.25) is 0 Å². The molecule has 2 N–H and O–H groups in total. The second-order valence-electron chi connectivity index (χ2n) is 4.00. The number of anilines is 1. The average Bonchev–Trinajstić information content (AvgIpc) is 2.45.